The fraction of sp³-hybridized carbons (Fsp3) is 0.364. The van der Waals surface area contributed by atoms with Gasteiger partial charge >= 0.3 is 0 Å². The first-order valence-electron chi connectivity index (χ1n) is 27.9. The number of unbranched alkanes of at least 4 members (excludes halogenated alkanes) is 4. The molecule has 0 saturated carbocycles. The Morgan fingerprint density at radius 3 is 1.43 bits per heavy atom. The molecule has 0 aliphatic heterocycles. The van der Waals surface area contributed by atoms with E-state index in [9.17, 15) is 21.6 Å². The van der Waals surface area contributed by atoms with E-state index in [0.717, 1.165) is 125 Å². The monoisotopic (exact) mass is 1120 g/mol. The molecule has 0 aliphatic carbocycles. The predicted molar refractivity (Wildman–Crippen MR) is 325 cm³/mol. The molecule has 2 aromatic heterocycles. The van der Waals surface area contributed by atoms with Crippen LogP contribution in [0.3, 0.4) is 0 Å². The van der Waals surface area contributed by atoms with Gasteiger partial charge in [-0.25, -0.2) is 0 Å². The van der Waals surface area contributed by atoms with E-state index >= 15 is 0 Å². The third-order valence-electron chi connectivity index (χ3n) is 15.3. The number of fused-ring (bicyclic) bond motifs is 2. The molecule has 1 N–H and O–H groups in total. The first-order valence-corrected chi connectivity index (χ1v) is 33.6. The van der Waals surface area contributed by atoms with Gasteiger partial charge in [-0.2, -0.15) is 16.8 Å². The molecular weight excluding hydrogens is 1040 g/mol. The number of para-hydroxylation sites is 2. The van der Waals surface area contributed by atoms with Gasteiger partial charge in [-0.3, -0.25) is 18.1 Å². The second-order valence-corrected chi connectivity index (χ2v) is 30.4. The van der Waals surface area contributed by atoms with Crippen LogP contribution in [0.4, 0.5) is 0 Å². The minimum absolute atomic E-state index is 0.104. The van der Waals surface area contributed by atoms with Crippen LogP contribution in [0.1, 0.15) is 115 Å². The van der Waals surface area contributed by atoms with E-state index in [1.54, 1.807) is 48.5 Å². The summed E-state index contributed by atoms with van der Waals surface area (Å²) in [6.45, 7) is 19.7. The van der Waals surface area contributed by atoms with Crippen LogP contribution in [-0.4, -0.2) is 48.3 Å². The molecule has 0 aliphatic rings. The molecule has 10 nitrogen and oxygen atoms in total. The van der Waals surface area contributed by atoms with E-state index in [1.165, 1.54) is 22.3 Å². The number of benzene rings is 6. The highest BCUT2D eigenvalue weighted by atomic mass is 32.2. The van der Waals surface area contributed by atoms with E-state index in [1.807, 2.05) is 51.1 Å². The van der Waals surface area contributed by atoms with Crippen LogP contribution in [0.25, 0.3) is 21.8 Å². The third-order valence-corrected chi connectivity index (χ3v) is 22.2. The van der Waals surface area contributed by atoms with Gasteiger partial charge in [0.15, 0.2) is 5.43 Å². The highest BCUT2D eigenvalue weighted by molar-refractivity contribution is 7.87. The lowest BCUT2D eigenvalue weighted by atomic mass is 10.0. The van der Waals surface area contributed by atoms with Crippen LogP contribution in [-0.2, 0) is 67.1 Å². The summed E-state index contributed by atoms with van der Waals surface area (Å²) in [5, 5.41) is 1.95. The fourth-order valence-corrected chi connectivity index (χ4v) is 12.1. The zero-order chi connectivity index (χ0) is 56.8. The Morgan fingerprint density at radius 2 is 0.937 bits per heavy atom. The molecule has 6 aromatic carbocycles. The van der Waals surface area contributed by atoms with Gasteiger partial charge in [-0.1, -0.05) is 142 Å². The summed E-state index contributed by atoms with van der Waals surface area (Å²) in [6, 6.07) is 46.9. The SMILES string of the molecule is Cc1ccc(S(=O)(=O)OCCCCCc2ccc(CCc3[nH]c4ccccc4c(=O)c3C)cc2)cc1.Cc1ccc(S(=O)(=O)OCCCCCc2ccc(CCc3nc4ccccc4c(O[Si](C)(C)C(C)(C)C)c3C)cc2)cc1. The molecule has 2 heterocycles. The van der Waals surface area contributed by atoms with Crippen molar-refractivity contribution in [2.24, 2.45) is 0 Å². The van der Waals surface area contributed by atoms with Crippen molar-refractivity contribution in [2.75, 3.05) is 13.2 Å². The lowest BCUT2D eigenvalue weighted by Crippen LogP contribution is -2.44. The number of aryl methyl sites for hydroxylation is 8. The van der Waals surface area contributed by atoms with Crippen molar-refractivity contribution in [1.29, 1.82) is 0 Å². The zero-order valence-electron chi connectivity index (χ0n) is 47.8. The normalized spacial score (nSPS) is 12.2. The Balaban J connectivity index is 0.000000232. The highest BCUT2D eigenvalue weighted by Gasteiger charge is 2.40. The van der Waals surface area contributed by atoms with E-state index < -0.39 is 28.6 Å². The van der Waals surface area contributed by atoms with Crippen LogP contribution < -0.4 is 9.85 Å². The predicted octanol–water partition coefficient (Wildman–Crippen LogP) is 15.2. The number of nitrogens with zero attached hydrogens (tertiary/aromatic N) is 1. The Bertz CT molecular complexity index is 3570. The average Bonchev–Trinajstić information content (AvgIpc) is 3.44. The van der Waals surface area contributed by atoms with E-state index in [-0.39, 0.29) is 33.5 Å². The summed E-state index contributed by atoms with van der Waals surface area (Å²) >= 11 is 0. The number of pyridine rings is 2. The molecule has 0 bridgehead atoms. The van der Waals surface area contributed by atoms with Crippen molar-refractivity contribution >= 4 is 50.4 Å². The van der Waals surface area contributed by atoms with Gasteiger partial charge in [0.05, 0.1) is 28.5 Å². The second-order valence-electron chi connectivity index (χ2n) is 22.4. The first-order chi connectivity index (χ1) is 37.6. The molecule has 0 fully saturated rings. The van der Waals surface area contributed by atoms with E-state index in [2.05, 4.69) is 113 Å². The Kier molecular flexibility index (Phi) is 20.9. The average molecular weight is 1120 g/mol. The Labute approximate surface area is 471 Å². The van der Waals surface area contributed by atoms with Gasteiger partial charge in [-0.15, -0.1) is 0 Å². The third kappa shape index (κ3) is 16.9. The molecule has 0 saturated heterocycles. The number of aromatic nitrogens is 2. The minimum Gasteiger partial charge on any atom is -0.543 e. The van der Waals surface area contributed by atoms with Crippen molar-refractivity contribution in [3.8, 4) is 5.75 Å². The van der Waals surface area contributed by atoms with Crippen LogP contribution in [0.15, 0.2) is 160 Å². The Morgan fingerprint density at radius 1 is 0.494 bits per heavy atom. The maximum atomic E-state index is 12.6. The maximum absolute atomic E-state index is 12.6. The van der Waals surface area contributed by atoms with Crippen molar-refractivity contribution in [2.45, 2.75) is 153 Å². The topological polar surface area (TPSA) is 142 Å². The van der Waals surface area contributed by atoms with Crippen molar-refractivity contribution in [3.05, 3.63) is 212 Å². The minimum atomic E-state index is -3.69. The second kappa shape index (κ2) is 27.3. The molecule has 13 heteroatoms. The molecular formula is C66H80N2O8S2Si. The summed E-state index contributed by atoms with van der Waals surface area (Å²) in [4.78, 5) is 21.5. The molecule has 418 valence electrons. The fourth-order valence-electron chi connectivity index (χ4n) is 9.12. The van der Waals surface area contributed by atoms with Gasteiger partial charge in [0.25, 0.3) is 28.6 Å². The molecule has 8 aromatic rings. The highest BCUT2D eigenvalue weighted by Crippen LogP contribution is 2.41. The number of hydrogen-bond acceptors (Lipinski definition) is 9. The van der Waals surface area contributed by atoms with E-state index in [4.69, 9.17) is 17.8 Å². The number of hydrogen-bond donors (Lipinski definition) is 1. The zero-order valence-corrected chi connectivity index (χ0v) is 50.4. The lowest BCUT2D eigenvalue weighted by molar-refractivity contribution is 0.306. The van der Waals surface area contributed by atoms with Crippen molar-refractivity contribution in [1.82, 2.24) is 9.97 Å². The quantitative estimate of drug-likeness (QED) is 0.0355. The maximum Gasteiger partial charge on any atom is 0.296 e. The van der Waals surface area contributed by atoms with Gasteiger partial charge in [-0.05, 0) is 181 Å². The van der Waals surface area contributed by atoms with Crippen LogP contribution in [0.2, 0.25) is 18.1 Å². The Hall–Kier alpha value is -6.22. The van der Waals surface area contributed by atoms with Gasteiger partial charge in [0.2, 0.25) is 0 Å². The number of H-pyrrole nitrogens is 1. The van der Waals surface area contributed by atoms with Crippen molar-refractivity contribution in [3.63, 3.8) is 0 Å². The van der Waals surface area contributed by atoms with Crippen LogP contribution >= 0.6 is 0 Å². The van der Waals surface area contributed by atoms with Crippen LogP contribution in [0.5, 0.6) is 5.75 Å². The summed E-state index contributed by atoms with van der Waals surface area (Å²) in [5.74, 6) is 1.00. The molecule has 0 radical (unpaired) electrons. The largest absolute Gasteiger partial charge is 0.543 e. The smallest absolute Gasteiger partial charge is 0.296 e. The molecule has 8 rings (SSSR count). The van der Waals surface area contributed by atoms with Crippen molar-refractivity contribution < 1.29 is 29.6 Å². The molecule has 79 heavy (non-hydrogen) atoms. The summed E-state index contributed by atoms with van der Waals surface area (Å²) in [7, 11) is -9.38. The summed E-state index contributed by atoms with van der Waals surface area (Å²) in [5.41, 5.74) is 13.1. The number of rotatable bonds is 24. The number of aromatic amines is 1. The summed E-state index contributed by atoms with van der Waals surface area (Å²) < 4.78 is 66.4. The molecule has 0 atom stereocenters. The molecule has 0 spiro atoms. The molecule has 0 unspecified atom stereocenters. The first kappa shape index (κ1) is 60.4. The molecule has 0 amide bonds. The number of nitrogens with one attached hydrogen (secondary N) is 1. The lowest BCUT2D eigenvalue weighted by Gasteiger charge is -2.37. The van der Waals surface area contributed by atoms with Gasteiger partial charge in [0.1, 0.15) is 5.75 Å². The van der Waals surface area contributed by atoms with E-state index in [0.29, 0.717) is 12.8 Å². The van der Waals surface area contributed by atoms with Crippen LogP contribution in [0, 0.1) is 27.7 Å². The summed E-state index contributed by atoms with van der Waals surface area (Å²) in [6.07, 6.45) is 10.5. The van der Waals surface area contributed by atoms with Gasteiger partial charge < -0.3 is 9.41 Å². The van der Waals surface area contributed by atoms with Gasteiger partial charge in [0, 0.05) is 38.8 Å². The standard InChI is InChI=1S/C36H47NO4SSi.C30H33NO4S/c1-27-16-23-31(24-17-27)42(38,39)40-26-12-8-9-13-29-18-20-30(21-19-29)22-25-33-28(2)35(41-43(6,7)36(3,4)5)32-14-10-11-15-34(32)37-33;1-22-11-18-26(19-12-22)36(33,34)35-21-7-3-4-8-24-13-15-25(16-14-24)17-20-28-23(2)30(32)27-9-5-6-10-29(27)31-28/h10-11,14-21,23-24H,8-9,12-13,22,25-26H2,1-7H3;5-6,9-16,18-19H,3-4,7-8,17,20-21H2,1-2H3,(H,31,32).